The molecule has 6 nitrogen and oxygen atoms in total. The molecule has 1 N–H and O–H groups in total. The van der Waals surface area contributed by atoms with Crippen LogP contribution >= 0.6 is 11.8 Å². The summed E-state index contributed by atoms with van der Waals surface area (Å²) in [7, 11) is 0. The van der Waals surface area contributed by atoms with E-state index in [0.29, 0.717) is 10.9 Å². The van der Waals surface area contributed by atoms with Gasteiger partial charge in [0.2, 0.25) is 5.91 Å². The van der Waals surface area contributed by atoms with Gasteiger partial charge < -0.3 is 5.32 Å². The molecule has 0 radical (unpaired) electrons. The summed E-state index contributed by atoms with van der Waals surface area (Å²) in [6, 6.07) is 10.3. The van der Waals surface area contributed by atoms with Crippen molar-refractivity contribution in [3.8, 4) is 0 Å². The number of hydrogen-bond acceptors (Lipinski definition) is 5. The number of amides is 1. The molecule has 0 saturated carbocycles. The second-order valence-corrected chi connectivity index (χ2v) is 7.27. The van der Waals surface area contributed by atoms with E-state index in [1.165, 1.54) is 17.3 Å². The molecule has 0 unspecified atom stereocenters. The predicted octanol–water partition coefficient (Wildman–Crippen LogP) is 3.27. The number of nitrogens with zero attached hydrogens (tertiary/aromatic N) is 4. The lowest BCUT2D eigenvalue weighted by Crippen LogP contribution is -2.28. The fourth-order valence-electron chi connectivity index (χ4n) is 2.83. The van der Waals surface area contributed by atoms with Gasteiger partial charge in [-0.25, -0.2) is 4.98 Å². The molecule has 3 aromatic rings. The van der Waals surface area contributed by atoms with Gasteiger partial charge >= 0.3 is 0 Å². The largest absolute Gasteiger partial charge is 0.349 e. The Morgan fingerprint density at radius 1 is 1.23 bits per heavy atom. The van der Waals surface area contributed by atoms with Gasteiger partial charge in [0.15, 0.2) is 5.16 Å². The lowest BCUT2D eigenvalue weighted by Gasteiger charge is -2.14. The number of thioether (sulfide) groups is 1. The SMILES string of the molecule is CCc1ccc([C@H](C)NC(=O)CSc2nnc3nc(C)cc(C)n23)cc1. The molecule has 0 spiro atoms. The normalized spacial score (nSPS) is 12.3. The highest BCUT2D eigenvalue weighted by molar-refractivity contribution is 7.99. The fraction of sp³-hybridized carbons (Fsp3) is 0.368. The van der Waals surface area contributed by atoms with Crippen molar-refractivity contribution < 1.29 is 4.79 Å². The number of aromatic nitrogens is 4. The van der Waals surface area contributed by atoms with Crippen LogP contribution in [0.5, 0.6) is 0 Å². The van der Waals surface area contributed by atoms with Crippen LogP contribution in [0.4, 0.5) is 0 Å². The Morgan fingerprint density at radius 3 is 2.65 bits per heavy atom. The van der Waals surface area contributed by atoms with Crippen molar-refractivity contribution in [2.45, 2.75) is 45.3 Å². The Kier molecular flexibility index (Phi) is 5.56. The predicted molar refractivity (Wildman–Crippen MR) is 103 cm³/mol. The number of benzene rings is 1. The van der Waals surface area contributed by atoms with Gasteiger partial charge in [0, 0.05) is 11.4 Å². The van der Waals surface area contributed by atoms with Gasteiger partial charge in [0.1, 0.15) is 0 Å². The number of rotatable bonds is 6. The highest BCUT2D eigenvalue weighted by atomic mass is 32.2. The van der Waals surface area contributed by atoms with Gasteiger partial charge in [-0.05, 0) is 44.4 Å². The zero-order chi connectivity index (χ0) is 18.7. The number of carbonyl (C=O) groups excluding carboxylic acids is 1. The molecule has 1 aromatic carbocycles. The molecule has 0 bridgehead atoms. The summed E-state index contributed by atoms with van der Waals surface area (Å²) in [5.41, 5.74) is 4.30. The minimum absolute atomic E-state index is 0.0310. The average Bonchev–Trinajstić information content (AvgIpc) is 3.03. The summed E-state index contributed by atoms with van der Waals surface area (Å²) in [4.78, 5) is 16.7. The average molecular weight is 369 g/mol. The topological polar surface area (TPSA) is 72.2 Å². The van der Waals surface area contributed by atoms with E-state index in [1.807, 2.05) is 31.2 Å². The highest BCUT2D eigenvalue weighted by Crippen LogP contribution is 2.19. The first-order valence-electron chi connectivity index (χ1n) is 8.68. The molecule has 1 amide bonds. The maximum Gasteiger partial charge on any atom is 0.256 e. The second-order valence-electron chi connectivity index (χ2n) is 6.33. The molecule has 7 heteroatoms. The Hall–Kier alpha value is -2.41. The molecule has 2 heterocycles. The van der Waals surface area contributed by atoms with Crippen molar-refractivity contribution in [2.75, 3.05) is 5.75 Å². The fourth-order valence-corrected chi connectivity index (χ4v) is 3.63. The van der Waals surface area contributed by atoms with Crippen LogP contribution in [-0.4, -0.2) is 31.2 Å². The zero-order valence-electron chi connectivity index (χ0n) is 15.5. The first-order chi connectivity index (χ1) is 12.5. The molecule has 1 atom stereocenters. The van der Waals surface area contributed by atoms with E-state index in [2.05, 4.69) is 51.7 Å². The monoisotopic (exact) mass is 369 g/mol. The van der Waals surface area contributed by atoms with Crippen LogP contribution in [0, 0.1) is 13.8 Å². The van der Waals surface area contributed by atoms with Crippen molar-refractivity contribution in [1.82, 2.24) is 24.9 Å². The Balaban J connectivity index is 1.62. The van der Waals surface area contributed by atoms with Crippen molar-refractivity contribution in [1.29, 1.82) is 0 Å². The summed E-state index contributed by atoms with van der Waals surface area (Å²) < 4.78 is 1.87. The van der Waals surface area contributed by atoms with Crippen LogP contribution in [0.15, 0.2) is 35.5 Å². The molecule has 26 heavy (non-hydrogen) atoms. The number of nitrogens with one attached hydrogen (secondary N) is 1. The van der Waals surface area contributed by atoms with Crippen LogP contribution in [-0.2, 0) is 11.2 Å². The van der Waals surface area contributed by atoms with Crippen molar-refractivity contribution in [2.24, 2.45) is 0 Å². The Labute approximate surface area is 157 Å². The summed E-state index contributed by atoms with van der Waals surface area (Å²) in [6.07, 6.45) is 1.01. The lowest BCUT2D eigenvalue weighted by molar-refractivity contribution is -0.119. The molecule has 0 aliphatic carbocycles. The summed E-state index contributed by atoms with van der Waals surface area (Å²) in [5.74, 6) is 0.817. The van der Waals surface area contributed by atoms with E-state index in [9.17, 15) is 4.79 Å². The highest BCUT2D eigenvalue weighted by Gasteiger charge is 2.14. The molecular weight excluding hydrogens is 346 g/mol. The van der Waals surface area contributed by atoms with Gasteiger partial charge in [-0.15, -0.1) is 10.2 Å². The minimum atomic E-state index is -0.0322. The second kappa shape index (κ2) is 7.86. The van der Waals surface area contributed by atoms with E-state index < -0.39 is 0 Å². The standard InChI is InChI=1S/C19H23N5OS/c1-5-15-6-8-16(9-7-15)14(4)21-17(25)11-26-19-23-22-18-20-12(2)10-13(3)24(18)19/h6-10,14H,5,11H2,1-4H3,(H,21,25)/t14-/m0/s1. The first kappa shape index (κ1) is 18.4. The summed E-state index contributed by atoms with van der Waals surface area (Å²) in [5, 5.41) is 12.0. The van der Waals surface area contributed by atoms with E-state index >= 15 is 0 Å². The Bertz CT molecular complexity index is 920. The molecule has 0 fully saturated rings. The van der Waals surface area contributed by atoms with Gasteiger partial charge in [-0.1, -0.05) is 43.0 Å². The lowest BCUT2D eigenvalue weighted by atomic mass is 10.1. The van der Waals surface area contributed by atoms with Gasteiger partial charge in [-0.2, -0.15) is 0 Å². The molecule has 0 saturated heterocycles. The Morgan fingerprint density at radius 2 is 1.96 bits per heavy atom. The van der Waals surface area contributed by atoms with Crippen LogP contribution in [0.25, 0.3) is 5.78 Å². The zero-order valence-corrected chi connectivity index (χ0v) is 16.3. The molecule has 2 aromatic heterocycles. The first-order valence-corrected chi connectivity index (χ1v) is 9.67. The number of fused-ring (bicyclic) bond motifs is 1. The third-order valence-corrected chi connectivity index (χ3v) is 5.19. The molecule has 0 aliphatic heterocycles. The molecule has 3 rings (SSSR count). The van der Waals surface area contributed by atoms with Crippen LogP contribution < -0.4 is 5.32 Å². The van der Waals surface area contributed by atoms with Gasteiger partial charge in [0.05, 0.1) is 11.8 Å². The minimum Gasteiger partial charge on any atom is -0.349 e. The van der Waals surface area contributed by atoms with Crippen LogP contribution in [0.1, 0.15) is 42.4 Å². The van der Waals surface area contributed by atoms with E-state index in [-0.39, 0.29) is 17.7 Å². The van der Waals surface area contributed by atoms with Gasteiger partial charge in [0.25, 0.3) is 5.78 Å². The maximum absolute atomic E-state index is 12.3. The quantitative estimate of drug-likeness (QED) is 0.675. The van der Waals surface area contributed by atoms with E-state index in [4.69, 9.17) is 0 Å². The summed E-state index contributed by atoms with van der Waals surface area (Å²) >= 11 is 1.37. The number of hydrogen-bond donors (Lipinski definition) is 1. The van der Waals surface area contributed by atoms with Crippen molar-refractivity contribution in [3.05, 3.63) is 52.8 Å². The van der Waals surface area contributed by atoms with Crippen molar-refractivity contribution >= 4 is 23.4 Å². The van der Waals surface area contributed by atoms with Crippen LogP contribution in [0.2, 0.25) is 0 Å². The van der Waals surface area contributed by atoms with E-state index in [0.717, 1.165) is 23.4 Å². The van der Waals surface area contributed by atoms with Crippen LogP contribution in [0.3, 0.4) is 0 Å². The molecular formula is C19H23N5OS. The van der Waals surface area contributed by atoms with Crippen molar-refractivity contribution in [3.63, 3.8) is 0 Å². The summed E-state index contributed by atoms with van der Waals surface area (Å²) in [6.45, 7) is 8.03. The van der Waals surface area contributed by atoms with E-state index in [1.54, 1.807) is 0 Å². The molecule has 0 aliphatic rings. The van der Waals surface area contributed by atoms with Gasteiger partial charge in [-0.3, -0.25) is 9.20 Å². The number of carbonyl (C=O) groups is 1. The molecule has 136 valence electrons. The third kappa shape index (κ3) is 4.04. The third-order valence-electron chi connectivity index (χ3n) is 4.26. The number of aryl methyl sites for hydroxylation is 3. The maximum atomic E-state index is 12.3. The smallest absolute Gasteiger partial charge is 0.256 e.